The molecule has 0 aliphatic carbocycles. The standard InChI is InChI=1S/C24H16F18O2/c25-17(26,19(29,30)21(33,34)23(37,38)39)9-15(11-1-5-13(43)6-2-11)16(12-3-7-14(44)8-4-12)10-18(27,28)20(31,32)22(35,36)24(40,41)42/h1-8,15-16,43-44H,9-10H2/t15-,16-/m0/s1. The van der Waals surface area contributed by atoms with Crippen molar-refractivity contribution in [1.82, 2.24) is 0 Å². The normalized spacial score (nSPS) is 16.1. The van der Waals surface area contributed by atoms with E-state index >= 15 is 0 Å². The maximum Gasteiger partial charge on any atom is 0.460 e. The summed E-state index contributed by atoms with van der Waals surface area (Å²) in [5.74, 6) is -50.7. The van der Waals surface area contributed by atoms with E-state index in [0.29, 0.717) is 48.5 Å². The quantitative estimate of drug-likeness (QED) is 0.233. The predicted molar refractivity (Wildman–Crippen MR) is 113 cm³/mol. The Bertz CT molecular complexity index is 1160. The number of rotatable bonds is 11. The van der Waals surface area contributed by atoms with Crippen LogP contribution in [-0.2, 0) is 0 Å². The van der Waals surface area contributed by atoms with E-state index in [0.717, 1.165) is 0 Å². The molecule has 0 heterocycles. The first kappa shape index (κ1) is 37.0. The third-order valence-corrected chi connectivity index (χ3v) is 6.50. The zero-order chi connectivity index (χ0) is 34.5. The van der Waals surface area contributed by atoms with Crippen LogP contribution < -0.4 is 0 Å². The molecule has 0 fully saturated rings. The van der Waals surface area contributed by atoms with Crippen LogP contribution in [0, 0.1) is 0 Å². The van der Waals surface area contributed by atoms with Crippen molar-refractivity contribution in [3.63, 3.8) is 0 Å². The summed E-state index contributed by atoms with van der Waals surface area (Å²) in [4.78, 5) is 0. The number of hydrogen-bond acceptors (Lipinski definition) is 2. The molecule has 0 spiro atoms. The highest BCUT2D eigenvalue weighted by atomic mass is 19.4. The van der Waals surface area contributed by atoms with E-state index in [-0.39, 0.29) is 0 Å². The Hall–Kier alpha value is -3.22. The highest BCUT2D eigenvalue weighted by Gasteiger charge is 2.83. The molecule has 0 radical (unpaired) electrons. The summed E-state index contributed by atoms with van der Waals surface area (Å²) in [6.45, 7) is 0. The van der Waals surface area contributed by atoms with Gasteiger partial charge in [0.1, 0.15) is 11.5 Å². The van der Waals surface area contributed by atoms with Gasteiger partial charge in [-0.1, -0.05) is 24.3 Å². The first-order valence-electron chi connectivity index (χ1n) is 11.4. The average molecular weight is 678 g/mol. The lowest BCUT2D eigenvalue weighted by Gasteiger charge is -2.39. The smallest absolute Gasteiger partial charge is 0.460 e. The van der Waals surface area contributed by atoms with Gasteiger partial charge in [0.25, 0.3) is 0 Å². The van der Waals surface area contributed by atoms with Crippen molar-refractivity contribution < 1.29 is 89.2 Å². The minimum Gasteiger partial charge on any atom is -0.508 e. The number of aromatic hydroxyl groups is 2. The van der Waals surface area contributed by atoms with Crippen molar-refractivity contribution in [2.75, 3.05) is 0 Å². The van der Waals surface area contributed by atoms with Crippen LogP contribution in [0.25, 0.3) is 0 Å². The van der Waals surface area contributed by atoms with E-state index in [4.69, 9.17) is 0 Å². The van der Waals surface area contributed by atoms with Crippen LogP contribution in [0.1, 0.15) is 35.8 Å². The lowest BCUT2D eigenvalue weighted by atomic mass is 9.73. The molecule has 20 heteroatoms. The van der Waals surface area contributed by atoms with Gasteiger partial charge in [0.05, 0.1) is 0 Å². The van der Waals surface area contributed by atoms with Crippen LogP contribution >= 0.6 is 0 Å². The predicted octanol–water partition coefficient (Wildman–Crippen LogP) is 9.68. The van der Waals surface area contributed by atoms with Crippen molar-refractivity contribution >= 4 is 0 Å². The zero-order valence-electron chi connectivity index (χ0n) is 20.9. The molecule has 0 aliphatic rings. The van der Waals surface area contributed by atoms with Gasteiger partial charge in [-0.25, -0.2) is 0 Å². The summed E-state index contributed by atoms with van der Waals surface area (Å²) in [6.07, 6.45) is -20.8. The maximum absolute atomic E-state index is 14.8. The van der Waals surface area contributed by atoms with Gasteiger partial charge in [0, 0.05) is 12.8 Å². The molecule has 0 saturated heterocycles. The first-order valence-corrected chi connectivity index (χ1v) is 11.4. The fraction of sp³-hybridized carbons (Fsp3) is 0.500. The van der Waals surface area contributed by atoms with Crippen LogP contribution in [0.3, 0.4) is 0 Å². The molecule has 2 aromatic rings. The van der Waals surface area contributed by atoms with Crippen LogP contribution in [0.15, 0.2) is 48.5 Å². The lowest BCUT2D eigenvalue weighted by Crippen LogP contribution is -2.62. The molecular formula is C24H16F18O2. The largest absolute Gasteiger partial charge is 0.508 e. The Balaban J connectivity index is 2.85. The molecule has 2 atom stereocenters. The summed E-state index contributed by atoms with van der Waals surface area (Å²) in [5.41, 5.74) is -2.12. The minimum atomic E-state index is -7.51. The third kappa shape index (κ3) is 6.43. The number of phenolic OH excluding ortho intramolecular Hbond substituents is 2. The Kier molecular flexibility index (Phi) is 9.49. The third-order valence-electron chi connectivity index (χ3n) is 6.50. The number of phenols is 2. The van der Waals surface area contributed by atoms with Gasteiger partial charge in [-0.3, -0.25) is 0 Å². The van der Waals surface area contributed by atoms with E-state index in [1.165, 1.54) is 0 Å². The Morgan fingerprint density at radius 3 is 0.818 bits per heavy atom. The second kappa shape index (κ2) is 11.3. The Labute approximate surface area is 233 Å². The van der Waals surface area contributed by atoms with Gasteiger partial charge in [0.2, 0.25) is 0 Å². The van der Waals surface area contributed by atoms with Crippen LogP contribution in [0.2, 0.25) is 0 Å². The summed E-state index contributed by atoms with van der Waals surface area (Å²) in [6, 6.07) is 3.52. The fourth-order valence-corrected chi connectivity index (χ4v) is 4.05. The number of alkyl halides is 18. The highest BCUT2D eigenvalue weighted by molar-refractivity contribution is 5.35. The van der Waals surface area contributed by atoms with Crippen LogP contribution in [0.5, 0.6) is 11.5 Å². The number of hydrogen-bond donors (Lipinski definition) is 2. The van der Waals surface area contributed by atoms with Crippen molar-refractivity contribution in [1.29, 1.82) is 0 Å². The van der Waals surface area contributed by atoms with Gasteiger partial charge >= 0.3 is 47.9 Å². The molecule has 0 aromatic heterocycles. The van der Waals surface area contributed by atoms with E-state index in [9.17, 15) is 89.2 Å². The minimum absolute atomic E-state index is 0.393. The molecule has 2 N–H and O–H groups in total. The molecule has 44 heavy (non-hydrogen) atoms. The molecule has 0 amide bonds. The molecule has 0 aliphatic heterocycles. The molecule has 0 saturated carbocycles. The molecule has 2 rings (SSSR count). The lowest BCUT2D eigenvalue weighted by molar-refractivity contribution is -0.399. The zero-order valence-corrected chi connectivity index (χ0v) is 20.9. The van der Waals surface area contributed by atoms with Crippen molar-refractivity contribution in [2.45, 2.75) is 72.6 Å². The first-order chi connectivity index (χ1) is 19.4. The maximum atomic E-state index is 14.8. The van der Waals surface area contributed by atoms with Gasteiger partial charge in [0.15, 0.2) is 0 Å². The molecule has 250 valence electrons. The Morgan fingerprint density at radius 2 is 0.614 bits per heavy atom. The second-order valence-electron chi connectivity index (χ2n) is 9.51. The van der Waals surface area contributed by atoms with Crippen molar-refractivity contribution in [3.05, 3.63) is 59.7 Å². The second-order valence-corrected chi connectivity index (χ2v) is 9.51. The van der Waals surface area contributed by atoms with Crippen LogP contribution in [0.4, 0.5) is 79.0 Å². The summed E-state index contributed by atoms with van der Waals surface area (Å²) in [7, 11) is 0. The van der Waals surface area contributed by atoms with Crippen molar-refractivity contribution in [3.8, 4) is 11.5 Å². The van der Waals surface area contributed by atoms with E-state index in [1.807, 2.05) is 0 Å². The van der Waals surface area contributed by atoms with Crippen LogP contribution in [-0.4, -0.2) is 58.1 Å². The summed E-state index contributed by atoms with van der Waals surface area (Å²) < 4.78 is 246. The van der Waals surface area contributed by atoms with E-state index < -0.39 is 95.2 Å². The van der Waals surface area contributed by atoms with Gasteiger partial charge in [-0.2, -0.15) is 79.0 Å². The van der Waals surface area contributed by atoms with Gasteiger partial charge in [-0.15, -0.1) is 0 Å². The highest BCUT2D eigenvalue weighted by Crippen LogP contribution is 2.60. The molecule has 0 bridgehead atoms. The van der Waals surface area contributed by atoms with E-state index in [2.05, 4.69) is 0 Å². The van der Waals surface area contributed by atoms with Crippen molar-refractivity contribution in [2.24, 2.45) is 0 Å². The Morgan fingerprint density at radius 1 is 0.386 bits per heavy atom. The van der Waals surface area contributed by atoms with E-state index in [1.54, 1.807) is 0 Å². The summed E-state index contributed by atoms with van der Waals surface area (Å²) in [5, 5.41) is 18.8. The summed E-state index contributed by atoms with van der Waals surface area (Å²) >= 11 is 0. The molecule has 2 nitrogen and oxygen atoms in total. The van der Waals surface area contributed by atoms with Gasteiger partial charge < -0.3 is 10.2 Å². The molecule has 0 unspecified atom stereocenters. The topological polar surface area (TPSA) is 40.5 Å². The molecular weight excluding hydrogens is 662 g/mol. The SMILES string of the molecule is Oc1ccc([C@H](CC(F)(F)C(F)(F)C(F)(F)C(F)(F)F)[C@@H](CC(F)(F)C(F)(F)C(F)(F)C(F)(F)F)c2ccc(O)cc2)cc1. The van der Waals surface area contributed by atoms with Gasteiger partial charge in [-0.05, 0) is 47.2 Å². The number of halogens is 18. The molecule has 2 aromatic carbocycles. The monoisotopic (exact) mass is 678 g/mol. The fourth-order valence-electron chi connectivity index (χ4n) is 4.05. The number of benzene rings is 2. The average Bonchev–Trinajstić information content (AvgIpc) is 2.85.